The van der Waals surface area contributed by atoms with Crippen molar-refractivity contribution in [3.05, 3.63) is 17.6 Å². The number of nitrogens with zero attached hydrogens (tertiary/aromatic N) is 3. The summed E-state index contributed by atoms with van der Waals surface area (Å²) >= 11 is 0. The molecule has 0 spiro atoms. The molecule has 2 atom stereocenters. The molecule has 18 heavy (non-hydrogen) atoms. The summed E-state index contributed by atoms with van der Waals surface area (Å²) in [7, 11) is 1.90. The third-order valence-corrected chi connectivity index (χ3v) is 3.94. The van der Waals surface area contributed by atoms with Crippen molar-refractivity contribution in [3.8, 4) is 0 Å². The van der Waals surface area contributed by atoms with E-state index in [1.54, 1.807) is 0 Å². The van der Waals surface area contributed by atoms with Gasteiger partial charge in [0.1, 0.15) is 11.6 Å². The predicted molar refractivity (Wildman–Crippen MR) is 74.5 cm³/mol. The first-order chi connectivity index (χ1) is 8.58. The Morgan fingerprint density at radius 2 is 2.11 bits per heavy atom. The number of anilines is 1. The Morgan fingerprint density at radius 1 is 1.33 bits per heavy atom. The molecule has 2 rings (SSSR count). The molecule has 100 valence electrons. The number of hydrogen-bond acceptors (Lipinski definition) is 4. The van der Waals surface area contributed by atoms with Gasteiger partial charge in [-0.25, -0.2) is 9.97 Å². The highest BCUT2D eigenvalue weighted by molar-refractivity contribution is 5.34. The summed E-state index contributed by atoms with van der Waals surface area (Å²) in [4.78, 5) is 11.5. The van der Waals surface area contributed by atoms with Crippen LogP contribution in [-0.4, -0.2) is 35.0 Å². The number of aryl methyl sites for hydroxylation is 1. The number of nitrogens with one attached hydrogen (secondary N) is 1. The SMILES string of the molecule is CNc1cc(C)nc(CN2CCC(C)C(C)C2)n1. The molecule has 0 radical (unpaired) electrons. The van der Waals surface area contributed by atoms with Gasteiger partial charge < -0.3 is 5.32 Å². The van der Waals surface area contributed by atoms with Gasteiger partial charge in [0, 0.05) is 25.4 Å². The van der Waals surface area contributed by atoms with Crippen LogP contribution in [0.25, 0.3) is 0 Å². The fraction of sp³-hybridized carbons (Fsp3) is 0.714. The zero-order valence-electron chi connectivity index (χ0n) is 11.9. The van der Waals surface area contributed by atoms with Gasteiger partial charge in [0.2, 0.25) is 0 Å². The van der Waals surface area contributed by atoms with Gasteiger partial charge in [-0.3, -0.25) is 4.90 Å². The van der Waals surface area contributed by atoms with Crippen molar-refractivity contribution >= 4 is 5.82 Å². The number of piperidine rings is 1. The first-order valence-corrected chi connectivity index (χ1v) is 6.83. The average molecular weight is 248 g/mol. The summed E-state index contributed by atoms with van der Waals surface area (Å²) in [5, 5.41) is 3.09. The van der Waals surface area contributed by atoms with Crippen molar-refractivity contribution < 1.29 is 0 Å². The molecule has 4 nitrogen and oxygen atoms in total. The maximum Gasteiger partial charge on any atom is 0.144 e. The van der Waals surface area contributed by atoms with Gasteiger partial charge in [-0.1, -0.05) is 13.8 Å². The lowest BCUT2D eigenvalue weighted by Crippen LogP contribution is -2.38. The fourth-order valence-corrected chi connectivity index (χ4v) is 2.52. The van der Waals surface area contributed by atoms with Crippen LogP contribution >= 0.6 is 0 Å². The van der Waals surface area contributed by atoms with Crippen LogP contribution in [0.5, 0.6) is 0 Å². The topological polar surface area (TPSA) is 41.1 Å². The lowest BCUT2D eigenvalue weighted by Gasteiger charge is -2.34. The van der Waals surface area contributed by atoms with Crippen molar-refractivity contribution in [2.24, 2.45) is 11.8 Å². The molecule has 1 fully saturated rings. The number of rotatable bonds is 3. The third-order valence-electron chi connectivity index (χ3n) is 3.94. The van der Waals surface area contributed by atoms with E-state index < -0.39 is 0 Å². The molecule has 1 N–H and O–H groups in total. The van der Waals surface area contributed by atoms with E-state index in [1.807, 2.05) is 20.0 Å². The Bertz CT molecular complexity index is 405. The molecule has 1 saturated heterocycles. The first-order valence-electron chi connectivity index (χ1n) is 6.83. The minimum absolute atomic E-state index is 0.771. The molecule has 0 aromatic carbocycles. The molecule has 0 bridgehead atoms. The summed E-state index contributed by atoms with van der Waals surface area (Å²) in [6, 6.07) is 1.98. The third kappa shape index (κ3) is 3.19. The zero-order valence-corrected chi connectivity index (χ0v) is 11.9. The van der Waals surface area contributed by atoms with Crippen LogP contribution in [0.1, 0.15) is 31.8 Å². The first kappa shape index (κ1) is 13.3. The molecule has 1 aliphatic rings. The average Bonchev–Trinajstić information content (AvgIpc) is 2.33. The summed E-state index contributed by atoms with van der Waals surface area (Å²) < 4.78 is 0. The Morgan fingerprint density at radius 3 is 2.78 bits per heavy atom. The fourth-order valence-electron chi connectivity index (χ4n) is 2.52. The van der Waals surface area contributed by atoms with Crippen molar-refractivity contribution in [3.63, 3.8) is 0 Å². The Hall–Kier alpha value is -1.16. The van der Waals surface area contributed by atoms with E-state index in [4.69, 9.17) is 0 Å². The van der Waals surface area contributed by atoms with E-state index in [0.29, 0.717) is 0 Å². The number of aromatic nitrogens is 2. The monoisotopic (exact) mass is 248 g/mol. The van der Waals surface area contributed by atoms with Crippen LogP contribution in [0.4, 0.5) is 5.82 Å². The van der Waals surface area contributed by atoms with Crippen LogP contribution in [0.2, 0.25) is 0 Å². The lowest BCUT2D eigenvalue weighted by atomic mass is 9.89. The minimum Gasteiger partial charge on any atom is -0.373 e. The second-order valence-electron chi connectivity index (χ2n) is 5.54. The van der Waals surface area contributed by atoms with Crippen molar-refractivity contribution in [1.29, 1.82) is 0 Å². The van der Waals surface area contributed by atoms with Crippen LogP contribution < -0.4 is 5.32 Å². The second kappa shape index (κ2) is 5.65. The Labute approximate surface area is 110 Å². The van der Waals surface area contributed by atoms with Crippen LogP contribution in [0, 0.1) is 18.8 Å². The van der Waals surface area contributed by atoms with Crippen molar-refractivity contribution in [2.45, 2.75) is 33.7 Å². The summed E-state index contributed by atoms with van der Waals surface area (Å²) in [5.74, 6) is 3.46. The molecule has 1 aromatic heterocycles. The van der Waals surface area contributed by atoms with Gasteiger partial charge in [-0.2, -0.15) is 0 Å². The number of likely N-dealkylation sites (tertiary alicyclic amines) is 1. The molecular weight excluding hydrogens is 224 g/mol. The molecule has 0 aliphatic carbocycles. The van der Waals surface area contributed by atoms with Crippen LogP contribution in [0.15, 0.2) is 6.07 Å². The maximum absolute atomic E-state index is 4.53. The summed E-state index contributed by atoms with van der Waals surface area (Å²) in [6.45, 7) is 9.91. The predicted octanol–water partition coefficient (Wildman–Crippen LogP) is 2.30. The molecule has 0 saturated carbocycles. The summed E-state index contributed by atoms with van der Waals surface area (Å²) in [5.41, 5.74) is 1.03. The van der Waals surface area contributed by atoms with E-state index in [9.17, 15) is 0 Å². The lowest BCUT2D eigenvalue weighted by molar-refractivity contribution is 0.129. The molecule has 1 aliphatic heterocycles. The molecule has 2 heterocycles. The highest BCUT2D eigenvalue weighted by Gasteiger charge is 2.23. The molecule has 4 heteroatoms. The highest BCUT2D eigenvalue weighted by Crippen LogP contribution is 2.23. The molecule has 0 amide bonds. The second-order valence-corrected chi connectivity index (χ2v) is 5.54. The van der Waals surface area contributed by atoms with Crippen molar-refractivity contribution in [1.82, 2.24) is 14.9 Å². The normalized spacial score (nSPS) is 25.1. The summed E-state index contributed by atoms with van der Waals surface area (Å²) in [6.07, 6.45) is 1.28. The standard InChI is InChI=1S/C14H24N4/c1-10-5-6-18(8-11(10)2)9-14-16-12(3)7-13(15-4)17-14/h7,10-11H,5-6,8-9H2,1-4H3,(H,15,16,17). The van der Waals surface area contributed by atoms with Gasteiger partial charge in [0.05, 0.1) is 6.54 Å². The Balaban J connectivity index is 2.03. The largest absolute Gasteiger partial charge is 0.373 e. The van der Waals surface area contributed by atoms with E-state index in [0.717, 1.165) is 48.8 Å². The van der Waals surface area contributed by atoms with Gasteiger partial charge in [0.25, 0.3) is 0 Å². The smallest absolute Gasteiger partial charge is 0.144 e. The number of hydrogen-bond donors (Lipinski definition) is 1. The van der Waals surface area contributed by atoms with Crippen LogP contribution in [0.3, 0.4) is 0 Å². The van der Waals surface area contributed by atoms with Gasteiger partial charge >= 0.3 is 0 Å². The van der Waals surface area contributed by atoms with Gasteiger partial charge in [0.15, 0.2) is 0 Å². The van der Waals surface area contributed by atoms with E-state index in [-0.39, 0.29) is 0 Å². The molecular formula is C14H24N4. The van der Waals surface area contributed by atoms with E-state index >= 15 is 0 Å². The quantitative estimate of drug-likeness (QED) is 0.891. The molecule has 2 unspecified atom stereocenters. The highest BCUT2D eigenvalue weighted by atomic mass is 15.2. The minimum atomic E-state index is 0.771. The Kier molecular flexibility index (Phi) is 4.17. The molecule has 1 aromatic rings. The van der Waals surface area contributed by atoms with E-state index in [1.165, 1.54) is 6.42 Å². The van der Waals surface area contributed by atoms with E-state index in [2.05, 4.69) is 34.0 Å². The maximum atomic E-state index is 4.53. The van der Waals surface area contributed by atoms with Gasteiger partial charge in [-0.15, -0.1) is 0 Å². The van der Waals surface area contributed by atoms with Gasteiger partial charge in [-0.05, 0) is 31.7 Å². The zero-order chi connectivity index (χ0) is 13.1. The van der Waals surface area contributed by atoms with Crippen molar-refractivity contribution in [2.75, 3.05) is 25.5 Å². The van der Waals surface area contributed by atoms with Crippen LogP contribution in [-0.2, 0) is 6.54 Å².